The third-order valence-corrected chi connectivity index (χ3v) is 4.46. The molecule has 0 aliphatic rings. The minimum Gasteiger partial charge on any atom is -0.284 e. The lowest BCUT2D eigenvalue weighted by Crippen LogP contribution is -2.16. The molecule has 0 radical (unpaired) electrons. The fraction of sp³-hybridized carbons (Fsp3) is 0.182. The van der Waals surface area contributed by atoms with E-state index in [1.807, 2.05) is 0 Å². The maximum absolute atomic E-state index is 12.3. The predicted octanol–water partition coefficient (Wildman–Crippen LogP) is 1.74. The highest BCUT2D eigenvalue weighted by Gasteiger charge is 2.25. The van der Waals surface area contributed by atoms with Gasteiger partial charge in [0.1, 0.15) is 0 Å². The van der Waals surface area contributed by atoms with Gasteiger partial charge < -0.3 is 0 Å². The van der Waals surface area contributed by atoms with Crippen LogP contribution in [0.25, 0.3) is 0 Å². The summed E-state index contributed by atoms with van der Waals surface area (Å²) in [5.74, 6) is 0. The number of aryl methyl sites for hydroxylation is 1. The molecule has 0 atom stereocenters. The van der Waals surface area contributed by atoms with Crippen molar-refractivity contribution >= 4 is 21.4 Å². The Morgan fingerprint density at radius 1 is 1.35 bits per heavy atom. The van der Waals surface area contributed by atoms with Crippen LogP contribution in [0.15, 0.2) is 29.4 Å². The van der Waals surface area contributed by atoms with Crippen LogP contribution in [0.1, 0.15) is 11.1 Å². The Hall–Kier alpha value is -2.42. The maximum atomic E-state index is 12.3. The second-order valence-electron chi connectivity index (χ2n) is 4.21. The number of nitrogens with one attached hydrogen (secondary N) is 2. The number of nitrogens with zero attached hydrogens (tertiary/aromatic N) is 2. The molecular formula is C11H12N4O4S. The summed E-state index contributed by atoms with van der Waals surface area (Å²) >= 11 is 0. The number of hydrogen-bond donors (Lipinski definition) is 2. The largest absolute Gasteiger partial charge is 0.284 e. The lowest BCUT2D eigenvalue weighted by Gasteiger charge is -2.11. The van der Waals surface area contributed by atoms with Gasteiger partial charge in [-0.15, -0.1) is 0 Å². The first-order valence-electron chi connectivity index (χ1n) is 5.59. The number of H-pyrrole nitrogens is 1. The Kier molecular flexibility index (Phi) is 3.45. The Balaban J connectivity index is 2.56. The fourth-order valence-electron chi connectivity index (χ4n) is 1.94. The van der Waals surface area contributed by atoms with Crippen LogP contribution in [0.2, 0.25) is 0 Å². The summed E-state index contributed by atoms with van der Waals surface area (Å²) in [6.45, 7) is 3.00. The van der Waals surface area contributed by atoms with Crippen LogP contribution in [-0.4, -0.2) is 23.5 Å². The van der Waals surface area contributed by atoms with Crippen molar-refractivity contribution in [2.75, 3.05) is 4.72 Å². The van der Waals surface area contributed by atoms with E-state index in [0.717, 1.165) is 0 Å². The molecule has 0 spiro atoms. The first kappa shape index (κ1) is 14.0. The topological polar surface area (TPSA) is 118 Å². The highest BCUT2D eigenvalue weighted by Crippen LogP contribution is 2.29. The molecule has 106 valence electrons. The SMILES string of the molecule is Cc1ccc([N+](=O)[O-])c(C)c1S(=O)(=O)Nc1cn[nH]c1. The first-order chi connectivity index (χ1) is 9.33. The summed E-state index contributed by atoms with van der Waals surface area (Å²) in [4.78, 5) is 10.2. The summed E-state index contributed by atoms with van der Waals surface area (Å²) in [5, 5.41) is 17.0. The summed E-state index contributed by atoms with van der Waals surface area (Å²) in [7, 11) is -3.92. The van der Waals surface area contributed by atoms with Gasteiger partial charge in [0.2, 0.25) is 0 Å². The molecular weight excluding hydrogens is 284 g/mol. The van der Waals surface area contributed by atoms with E-state index in [0.29, 0.717) is 5.56 Å². The predicted molar refractivity (Wildman–Crippen MR) is 72.0 cm³/mol. The molecule has 0 saturated carbocycles. The smallest absolute Gasteiger partial charge is 0.273 e. The van der Waals surface area contributed by atoms with E-state index < -0.39 is 14.9 Å². The van der Waals surface area contributed by atoms with Crippen LogP contribution in [0, 0.1) is 24.0 Å². The summed E-state index contributed by atoms with van der Waals surface area (Å²) < 4.78 is 27.0. The Morgan fingerprint density at radius 2 is 2.05 bits per heavy atom. The van der Waals surface area contributed by atoms with E-state index in [2.05, 4.69) is 14.9 Å². The molecule has 0 amide bonds. The number of sulfonamides is 1. The first-order valence-corrected chi connectivity index (χ1v) is 7.07. The average molecular weight is 296 g/mol. The van der Waals surface area contributed by atoms with Gasteiger partial charge in [-0.3, -0.25) is 19.9 Å². The molecule has 0 saturated heterocycles. The van der Waals surface area contributed by atoms with Crippen molar-refractivity contribution in [1.29, 1.82) is 0 Å². The Bertz CT molecular complexity index is 753. The van der Waals surface area contributed by atoms with Gasteiger partial charge in [-0.25, -0.2) is 8.42 Å². The minimum absolute atomic E-state index is 0.0899. The van der Waals surface area contributed by atoms with Crippen molar-refractivity contribution in [2.24, 2.45) is 0 Å². The van der Waals surface area contributed by atoms with Crippen molar-refractivity contribution in [1.82, 2.24) is 10.2 Å². The Morgan fingerprint density at radius 3 is 2.60 bits per heavy atom. The summed E-state index contributed by atoms with van der Waals surface area (Å²) in [5.41, 5.74) is 0.563. The number of aromatic amines is 1. The van der Waals surface area contributed by atoms with Crippen molar-refractivity contribution < 1.29 is 13.3 Å². The molecule has 1 aromatic heterocycles. The van der Waals surface area contributed by atoms with Gasteiger partial charge in [-0.2, -0.15) is 5.10 Å². The summed E-state index contributed by atoms with van der Waals surface area (Å²) in [6, 6.07) is 2.70. The van der Waals surface area contributed by atoms with Crippen molar-refractivity contribution in [2.45, 2.75) is 18.7 Å². The molecule has 9 heteroatoms. The van der Waals surface area contributed by atoms with Gasteiger partial charge in [0.05, 0.1) is 21.7 Å². The van der Waals surface area contributed by atoms with Crippen LogP contribution >= 0.6 is 0 Å². The molecule has 0 aliphatic heterocycles. The molecule has 8 nitrogen and oxygen atoms in total. The molecule has 2 aromatic rings. The molecule has 0 unspecified atom stereocenters. The van der Waals surface area contributed by atoms with Gasteiger partial charge in [-0.1, -0.05) is 6.07 Å². The highest BCUT2D eigenvalue weighted by molar-refractivity contribution is 7.92. The molecule has 1 aromatic carbocycles. The van der Waals surface area contributed by atoms with Gasteiger partial charge in [0.25, 0.3) is 15.7 Å². The number of anilines is 1. The standard InChI is InChI=1S/C11H12N4O4S/c1-7-3-4-10(15(16)17)8(2)11(7)20(18,19)14-9-5-12-13-6-9/h3-6,14H,1-2H3,(H,12,13). The number of rotatable bonds is 4. The minimum atomic E-state index is -3.92. The molecule has 0 bridgehead atoms. The number of hydrogen-bond acceptors (Lipinski definition) is 5. The van der Waals surface area contributed by atoms with Gasteiger partial charge in [0.15, 0.2) is 0 Å². The van der Waals surface area contributed by atoms with Crippen LogP contribution in [-0.2, 0) is 10.0 Å². The number of nitro benzene ring substituents is 1. The zero-order valence-electron chi connectivity index (χ0n) is 10.7. The van der Waals surface area contributed by atoms with E-state index in [4.69, 9.17) is 0 Å². The second kappa shape index (κ2) is 4.93. The number of aromatic nitrogens is 2. The van der Waals surface area contributed by atoms with Crippen molar-refractivity contribution in [3.8, 4) is 0 Å². The van der Waals surface area contributed by atoms with E-state index in [-0.39, 0.29) is 21.8 Å². The van der Waals surface area contributed by atoms with E-state index in [9.17, 15) is 18.5 Å². The third kappa shape index (κ3) is 2.48. The van der Waals surface area contributed by atoms with E-state index in [1.165, 1.54) is 31.5 Å². The highest BCUT2D eigenvalue weighted by atomic mass is 32.2. The summed E-state index contributed by atoms with van der Waals surface area (Å²) in [6.07, 6.45) is 2.68. The monoisotopic (exact) mass is 296 g/mol. The molecule has 2 N–H and O–H groups in total. The molecule has 20 heavy (non-hydrogen) atoms. The molecule has 2 rings (SSSR count). The van der Waals surface area contributed by atoms with Gasteiger partial charge in [-0.05, 0) is 19.4 Å². The normalized spacial score (nSPS) is 11.3. The molecule has 0 aliphatic carbocycles. The molecule has 1 heterocycles. The van der Waals surface area contributed by atoms with E-state index >= 15 is 0 Å². The Labute approximate surface area is 115 Å². The third-order valence-electron chi connectivity index (χ3n) is 2.79. The molecule has 0 fully saturated rings. The fourth-order valence-corrected chi connectivity index (χ4v) is 3.46. The zero-order chi connectivity index (χ0) is 14.9. The second-order valence-corrected chi connectivity index (χ2v) is 5.82. The number of benzene rings is 1. The number of nitro groups is 1. The van der Waals surface area contributed by atoms with Gasteiger partial charge >= 0.3 is 0 Å². The van der Waals surface area contributed by atoms with E-state index in [1.54, 1.807) is 6.92 Å². The zero-order valence-corrected chi connectivity index (χ0v) is 11.6. The lowest BCUT2D eigenvalue weighted by atomic mass is 10.1. The maximum Gasteiger partial charge on any atom is 0.273 e. The van der Waals surface area contributed by atoms with Crippen LogP contribution in [0.4, 0.5) is 11.4 Å². The lowest BCUT2D eigenvalue weighted by molar-refractivity contribution is -0.385. The van der Waals surface area contributed by atoms with Crippen LogP contribution in [0.3, 0.4) is 0 Å². The van der Waals surface area contributed by atoms with Gasteiger partial charge in [0, 0.05) is 17.8 Å². The average Bonchev–Trinajstić information content (AvgIpc) is 2.79. The quantitative estimate of drug-likeness (QED) is 0.658. The van der Waals surface area contributed by atoms with Crippen LogP contribution < -0.4 is 4.72 Å². The van der Waals surface area contributed by atoms with Crippen molar-refractivity contribution in [3.05, 3.63) is 45.8 Å². The van der Waals surface area contributed by atoms with Crippen molar-refractivity contribution in [3.63, 3.8) is 0 Å². The van der Waals surface area contributed by atoms with Crippen LogP contribution in [0.5, 0.6) is 0 Å².